The van der Waals surface area contributed by atoms with E-state index in [2.05, 4.69) is 83.0 Å². The number of rotatable bonds is 11. The summed E-state index contributed by atoms with van der Waals surface area (Å²) in [6.07, 6.45) is -0.484. The first-order chi connectivity index (χ1) is 22.1. The van der Waals surface area contributed by atoms with Crippen LogP contribution in [0.4, 0.5) is 10.5 Å². The second-order valence-corrected chi connectivity index (χ2v) is 13.5. The van der Waals surface area contributed by atoms with Crippen molar-refractivity contribution >= 4 is 40.3 Å². The van der Waals surface area contributed by atoms with Gasteiger partial charge in [-0.25, -0.2) is 9.59 Å². The number of carbonyl (C=O) groups excluding carboxylic acids is 1. The Hall–Kier alpha value is -4.75. The number of nitrogens with zero attached hydrogens (tertiary/aromatic N) is 1. The van der Waals surface area contributed by atoms with Crippen LogP contribution in [0, 0.1) is 0 Å². The first kappa shape index (κ1) is 32.6. The summed E-state index contributed by atoms with van der Waals surface area (Å²) >= 11 is 1.77. The van der Waals surface area contributed by atoms with Gasteiger partial charge < -0.3 is 20.1 Å². The second kappa shape index (κ2) is 14.1. The van der Waals surface area contributed by atoms with Gasteiger partial charge in [0, 0.05) is 30.4 Å². The number of nitrogens with one attached hydrogen (secondary N) is 1. The second-order valence-electron chi connectivity index (χ2n) is 12.3. The quantitative estimate of drug-likeness (QED) is 0.142. The lowest BCUT2D eigenvalue weighted by atomic mass is 9.84. The van der Waals surface area contributed by atoms with Crippen molar-refractivity contribution < 1.29 is 19.4 Å². The van der Waals surface area contributed by atoms with Gasteiger partial charge in [0.15, 0.2) is 0 Å². The Balaban J connectivity index is 1.54. The number of likely N-dealkylation sites (N-methyl/N-ethyl adjacent to an activating group) is 1. The number of amides is 1. The van der Waals surface area contributed by atoms with Gasteiger partial charge in [-0.15, -0.1) is 11.8 Å². The summed E-state index contributed by atoms with van der Waals surface area (Å²) in [6, 6.07) is 42.1. The van der Waals surface area contributed by atoms with Gasteiger partial charge >= 0.3 is 12.1 Å². The number of carbonyl (C=O) groups is 2. The first-order valence-corrected chi connectivity index (χ1v) is 16.3. The van der Waals surface area contributed by atoms with Gasteiger partial charge in [-0.2, -0.15) is 0 Å². The molecule has 236 valence electrons. The SMILES string of the molecule is CN(CC(CSC(c1ccccc1)(c1ccccc1)c1ccccc1)NC(=O)OC(C)(C)C)c1cccc2c(C(=O)O)cccc12. The number of anilines is 1. The largest absolute Gasteiger partial charge is 0.478 e. The predicted octanol–water partition coefficient (Wildman–Crippen LogP) is 8.59. The van der Waals surface area contributed by atoms with E-state index in [1.807, 2.05) is 70.3 Å². The zero-order valence-electron chi connectivity index (χ0n) is 26.6. The summed E-state index contributed by atoms with van der Waals surface area (Å²) in [6.45, 7) is 6.01. The van der Waals surface area contributed by atoms with E-state index in [0.717, 1.165) is 27.8 Å². The smallest absolute Gasteiger partial charge is 0.407 e. The predicted molar refractivity (Wildman–Crippen MR) is 189 cm³/mol. The number of hydrogen-bond donors (Lipinski definition) is 2. The molecule has 7 heteroatoms. The maximum atomic E-state index is 13.2. The fourth-order valence-corrected chi connectivity index (χ4v) is 7.40. The standard InChI is InChI=1S/C39H40N2O4S/c1-38(2,3)45-37(44)40-31(26-41(4)35-25-15-22-32-33(35)23-14-24-34(32)36(42)43)27-46-39(28-16-8-5-9-17-28,29-18-10-6-11-19-29)30-20-12-7-13-21-30/h5-25,31H,26-27H2,1-4H3,(H,40,44)(H,42,43). The highest BCUT2D eigenvalue weighted by molar-refractivity contribution is 8.00. The Morgan fingerprint density at radius 2 is 1.24 bits per heavy atom. The molecule has 0 aliphatic carbocycles. The van der Waals surface area contributed by atoms with Gasteiger partial charge in [0.2, 0.25) is 0 Å². The molecule has 0 saturated heterocycles. The van der Waals surface area contributed by atoms with Crippen LogP contribution in [0.5, 0.6) is 0 Å². The molecule has 1 amide bonds. The minimum atomic E-state index is -0.967. The third-order valence-electron chi connectivity index (χ3n) is 7.80. The Bertz CT molecular complexity index is 1680. The van der Waals surface area contributed by atoms with Crippen LogP contribution < -0.4 is 10.2 Å². The highest BCUT2D eigenvalue weighted by atomic mass is 32.2. The maximum absolute atomic E-state index is 13.2. The normalized spacial score (nSPS) is 12.3. The minimum Gasteiger partial charge on any atom is -0.478 e. The molecule has 5 rings (SSSR count). The number of aromatic carboxylic acids is 1. The number of carboxylic acid groups (broad SMARTS) is 1. The van der Waals surface area contributed by atoms with Crippen molar-refractivity contribution in [2.75, 3.05) is 24.2 Å². The van der Waals surface area contributed by atoms with Crippen LogP contribution in [0.15, 0.2) is 127 Å². The fourth-order valence-electron chi connectivity index (χ4n) is 5.85. The monoisotopic (exact) mass is 632 g/mol. The molecule has 0 aromatic heterocycles. The average molecular weight is 633 g/mol. The van der Waals surface area contributed by atoms with Crippen LogP contribution in [-0.2, 0) is 9.48 Å². The van der Waals surface area contributed by atoms with Crippen molar-refractivity contribution in [2.45, 2.75) is 37.2 Å². The molecule has 0 radical (unpaired) electrons. The van der Waals surface area contributed by atoms with Crippen LogP contribution in [0.1, 0.15) is 47.8 Å². The van der Waals surface area contributed by atoms with Crippen molar-refractivity contribution in [3.8, 4) is 0 Å². The molecule has 0 spiro atoms. The molecule has 0 aliphatic rings. The van der Waals surface area contributed by atoms with Crippen LogP contribution in [0.25, 0.3) is 10.8 Å². The fraction of sp³-hybridized carbons (Fsp3) is 0.231. The van der Waals surface area contributed by atoms with E-state index >= 15 is 0 Å². The van der Waals surface area contributed by atoms with Gasteiger partial charge in [0.1, 0.15) is 5.60 Å². The molecular formula is C39H40N2O4S. The summed E-state index contributed by atoms with van der Waals surface area (Å²) in [5, 5.41) is 14.5. The van der Waals surface area contributed by atoms with E-state index in [4.69, 9.17) is 4.74 Å². The van der Waals surface area contributed by atoms with E-state index in [9.17, 15) is 14.7 Å². The Morgan fingerprint density at radius 1 is 0.739 bits per heavy atom. The van der Waals surface area contributed by atoms with Crippen LogP contribution in [0.3, 0.4) is 0 Å². The third kappa shape index (κ3) is 7.37. The third-order valence-corrected chi connectivity index (χ3v) is 9.51. The summed E-state index contributed by atoms with van der Waals surface area (Å²) in [5.74, 6) is -0.418. The summed E-state index contributed by atoms with van der Waals surface area (Å²) in [5.41, 5.74) is 3.89. The summed E-state index contributed by atoms with van der Waals surface area (Å²) < 4.78 is 5.15. The lowest BCUT2D eigenvalue weighted by molar-refractivity contribution is 0.0510. The highest BCUT2D eigenvalue weighted by Gasteiger charge is 2.38. The molecule has 0 bridgehead atoms. The van der Waals surface area contributed by atoms with Crippen molar-refractivity contribution in [2.24, 2.45) is 0 Å². The molecule has 0 aliphatic heterocycles. The minimum absolute atomic E-state index is 0.255. The van der Waals surface area contributed by atoms with E-state index in [0.29, 0.717) is 17.7 Å². The molecule has 0 saturated carbocycles. The number of carboxylic acids is 1. The van der Waals surface area contributed by atoms with Crippen molar-refractivity contribution in [1.29, 1.82) is 0 Å². The van der Waals surface area contributed by atoms with Crippen LogP contribution in [-0.4, -0.2) is 48.2 Å². The molecule has 2 N–H and O–H groups in total. The van der Waals surface area contributed by atoms with E-state index in [1.54, 1.807) is 23.9 Å². The molecule has 1 atom stereocenters. The Labute approximate surface area is 275 Å². The summed E-state index contributed by atoms with van der Waals surface area (Å²) in [4.78, 5) is 27.3. The molecule has 46 heavy (non-hydrogen) atoms. The Kier molecular flexibility index (Phi) is 10.0. The topological polar surface area (TPSA) is 78.9 Å². The van der Waals surface area contributed by atoms with Crippen molar-refractivity contribution in [3.05, 3.63) is 150 Å². The number of thioether (sulfide) groups is 1. The number of hydrogen-bond acceptors (Lipinski definition) is 5. The van der Waals surface area contributed by atoms with Gasteiger partial charge in [-0.3, -0.25) is 0 Å². The molecule has 0 heterocycles. The van der Waals surface area contributed by atoms with Gasteiger partial charge in [0.25, 0.3) is 0 Å². The lowest BCUT2D eigenvalue weighted by Gasteiger charge is -2.37. The lowest BCUT2D eigenvalue weighted by Crippen LogP contribution is -2.47. The van der Waals surface area contributed by atoms with E-state index in [-0.39, 0.29) is 11.6 Å². The number of fused-ring (bicyclic) bond motifs is 1. The molecule has 6 nitrogen and oxygen atoms in total. The maximum Gasteiger partial charge on any atom is 0.407 e. The molecule has 5 aromatic rings. The van der Waals surface area contributed by atoms with Gasteiger partial charge in [-0.05, 0) is 55.0 Å². The van der Waals surface area contributed by atoms with E-state index in [1.165, 1.54) is 0 Å². The van der Waals surface area contributed by atoms with Crippen LogP contribution in [0.2, 0.25) is 0 Å². The molecule has 0 fully saturated rings. The van der Waals surface area contributed by atoms with Crippen LogP contribution >= 0.6 is 11.8 Å². The average Bonchev–Trinajstić information content (AvgIpc) is 3.05. The highest BCUT2D eigenvalue weighted by Crippen LogP contribution is 2.48. The first-order valence-electron chi connectivity index (χ1n) is 15.3. The number of benzene rings is 5. The van der Waals surface area contributed by atoms with Gasteiger partial charge in [-0.1, -0.05) is 115 Å². The van der Waals surface area contributed by atoms with Crippen molar-refractivity contribution in [3.63, 3.8) is 0 Å². The molecule has 1 unspecified atom stereocenters. The number of ether oxygens (including phenoxy) is 1. The van der Waals surface area contributed by atoms with E-state index < -0.39 is 22.4 Å². The number of alkyl carbamates (subject to hydrolysis) is 1. The molecule has 5 aromatic carbocycles. The Morgan fingerprint density at radius 3 is 1.74 bits per heavy atom. The molecular weight excluding hydrogens is 593 g/mol. The summed E-state index contributed by atoms with van der Waals surface area (Å²) in [7, 11) is 1.97. The van der Waals surface area contributed by atoms with Gasteiger partial charge in [0.05, 0.1) is 16.4 Å². The van der Waals surface area contributed by atoms with Crippen molar-refractivity contribution in [1.82, 2.24) is 5.32 Å². The zero-order chi connectivity index (χ0) is 32.7. The zero-order valence-corrected chi connectivity index (χ0v) is 27.5.